The SMILES string of the molecule is CCOc1cc2ncc(C#N)c(Nc3ccc(OCC4NCCCC4c4ccccc4)c(Cl)c3)c2cc1NC(=O)CCCN(C)C. The molecule has 1 saturated heterocycles. The summed E-state index contributed by atoms with van der Waals surface area (Å²) < 4.78 is 12.1. The molecule has 9 nitrogen and oxygen atoms in total. The zero-order valence-electron chi connectivity index (χ0n) is 26.6. The number of nitriles is 1. The van der Waals surface area contributed by atoms with Crippen LogP contribution < -0.4 is 25.4 Å². The number of halogens is 1. The summed E-state index contributed by atoms with van der Waals surface area (Å²) in [7, 11) is 3.96. The molecule has 3 aromatic carbocycles. The molecule has 10 heteroatoms. The molecular formula is C36H41ClN6O3. The number of piperidine rings is 1. The van der Waals surface area contributed by atoms with Crippen LogP contribution in [0.15, 0.2) is 66.9 Å². The number of nitrogens with one attached hydrogen (secondary N) is 3. The lowest BCUT2D eigenvalue weighted by molar-refractivity contribution is -0.116. The molecule has 1 fully saturated rings. The van der Waals surface area contributed by atoms with Gasteiger partial charge in [-0.3, -0.25) is 9.78 Å². The van der Waals surface area contributed by atoms with Gasteiger partial charge in [0, 0.05) is 41.7 Å². The van der Waals surface area contributed by atoms with Crippen molar-refractivity contribution in [3.63, 3.8) is 0 Å². The summed E-state index contributed by atoms with van der Waals surface area (Å²) in [6.45, 7) is 4.57. The first-order chi connectivity index (χ1) is 22.4. The van der Waals surface area contributed by atoms with Crippen LogP contribution in [-0.2, 0) is 4.79 Å². The van der Waals surface area contributed by atoms with E-state index in [4.69, 9.17) is 21.1 Å². The fourth-order valence-electron chi connectivity index (χ4n) is 5.83. The Bertz CT molecular complexity index is 1690. The van der Waals surface area contributed by atoms with Gasteiger partial charge in [0.25, 0.3) is 0 Å². The Hall–Kier alpha value is -4.36. The van der Waals surface area contributed by atoms with Crippen LogP contribution in [0.3, 0.4) is 0 Å². The first kappa shape index (κ1) is 33.0. The van der Waals surface area contributed by atoms with Crippen LogP contribution in [0, 0.1) is 11.3 Å². The van der Waals surface area contributed by atoms with Crippen LogP contribution >= 0.6 is 11.6 Å². The van der Waals surface area contributed by atoms with E-state index in [1.54, 1.807) is 18.2 Å². The first-order valence-corrected chi connectivity index (χ1v) is 16.2. The molecule has 2 heterocycles. The molecule has 240 valence electrons. The minimum atomic E-state index is -0.109. The van der Waals surface area contributed by atoms with Crippen molar-refractivity contribution in [1.82, 2.24) is 15.2 Å². The van der Waals surface area contributed by atoms with E-state index in [0.717, 1.165) is 32.4 Å². The van der Waals surface area contributed by atoms with Gasteiger partial charge in [-0.05, 0) is 83.2 Å². The van der Waals surface area contributed by atoms with Gasteiger partial charge in [0.1, 0.15) is 24.2 Å². The summed E-state index contributed by atoms with van der Waals surface area (Å²) in [6.07, 6.45) is 4.87. The van der Waals surface area contributed by atoms with Crippen LogP contribution in [0.2, 0.25) is 5.02 Å². The molecule has 5 rings (SSSR count). The second kappa shape index (κ2) is 15.8. The van der Waals surface area contributed by atoms with Crippen molar-refractivity contribution in [2.75, 3.05) is 51.0 Å². The second-order valence-electron chi connectivity index (χ2n) is 11.7. The lowest BCUT2D eigenvalue weighted by Gasteiger charge is -2.33. The van der Waals surface area contributed by atoms with Crippen LogP contribution in [-0.4, -0.2) is 62.2 Å². The quantitative estimate of drug-likeness (QED) is 0.142. The molecular weight excluding hydrogens is 600 g/mol. The highest BCUT2D eigenvalue weighted by Crippen LogP contribution is 2.38. The lowest BCUT2D eigenvalue weighted by Crippen LogP contribution is -2.44. The highest BCUT2D eigenvalue weighted by molar-refractivity contribution is 6.32. The van der Waals surface area contributed by atoms with E-state index >= 15 is 0 Å². The minimum Gasteiger partial charge on any atom is -0.492 e. The molecule has 46 heavy (non-hydrogen) atoms. The number of pyridine rings is 1. The summed E-state index contributed by atoms with van der Waals surface area (Å²) in [5, 5.41) is 21.1. The topological polar surface area (TPSA) is 112 Å². The number of anilines is 3. The number of amides is 1. The van der Waals surface area contributed by atoms with Gasteiger partial charge in [0.15, 0.2) is 0 Å². The number of hydrogen-bond donors (Lipinski definition) is 3. The third-order valence-electron chi connectivity index (χ3n) is 8.10. The number of carbonyl (C=O) groups is 1. The average molecular weight is 641 g/mol. The second-order valence-corrected chi connectivity index (χ2v) is 12.1. The zero-order valence-corrected chi connectivity index (χ0v) is 27.4. The van der Waals surface area contributed by atoms with E-state index in [0.29, 0.717) is 75.6 Å². The number of ether oxygens (including phenoxy) is 2. The summed E-state index contributed by atoms with van der Waals surface area (Å²) in [5.41, 5.74) is 4.05. The smallest absolute Gasteiger partial charge is 0.224 e. The molecule has 0 aliphatic carbocycles. The number of rotatable bonds is 13. The van der Waals surface area contributed by atoms with E-state index < -0.39 is 0 Å². The highest BCUT2D eigenvalue weighted by Gasteiger charge is 2.27. The largest absolute Gasteiger partial charge is 0.492 e. The molecule has 3 N–H and O–H groups in total. The van der Waals surface area contributed by atoms with E-state index in [1.165, 1.54) is 11.8 Å². The molecule has 2 unspecified atom stereocenters. The Morgan fingerprint density at radius 2 is 1.96 bits per heavy atom. The number of benzene rings is 3. The highest BCUT2D eigenvalue weighted by atomic mass is 35.5. The van der Waals surface area contributed by atoms with Crippen molar-refractivity contribution in [1.29, 1.82) is 5.26 Å². The van der Waals surface area contributed by atoms with Gasteiger partial charge in [-0.2, -0.15) is 5.26 Å². The monoisotopic (exact) mass is 640 g/mol. The van der Waals surface area contributed by atoms with Gasteiger partial charge in [0.2, 0.25) is 5.91 Å². The maximum absolute atomic E-state index is 12.8. The van der Waals surface area contributed by atoms with Crippen molar-refractivity contribution in [3.05, 3.63) is 83.0 Å². The molecule has 0 radical (unpaired) electrons. The fourth-order valence-corrected chi connectivity index (χ4v) is 6.06. The molecule has 2 atom stereocenters. The standard InChI is InChI=1S/C36H41ClN6O3/c1-4-45-34-20-30-28(19-31(34)42-35(44)13-9-17-43(2)3)36(25(21-38)22-40-30)41-26-14-15-33(29(37)18-26)46-23-32-27(12-8-16-39-32)24-10-6-5-7-11-24/h5-7,10-11,14-15,18-20,22,27,32,39H,4,8-9,12-13,16-17,23H2,1-3H3,(H,40,41)(H,42,44). The fraction of sp³-hybridized carbons (Fsp3) is 0.361. The van der Waals surface area contributed by atoms with Crippen molar-refractivity contribution >= 4 is 45.5 Å². The van der Waals surface area contributed by atoms with Gasteiger partial charge in [-0.15, -0.1) is 0 Å². The molecule has 4 aromatic rings. The Morgan fingerprint density at radius 1 is 1.13 bits per heavy atom. The number of hydrogen-bond acceptors (Lipinski definition) is 8. The zero-order chi connectivity index (χ0) is 32.5. The average Bonchev–Trinajstić information content (AvgIpc) is 3.05. The normalized spacial score (nSPS) is 16.2. The van der Waals surface area contributed by atoms with Crippen molar-refractivity contribution in [3.8, 4) is 17.6 Å². The van der Waals surface area contributed by atoms with Gasteiger partial charge in [-0.1, -0.05) is 41.9 Å². The molecule has 1 aliphatic heterocycles. The number of carbonyl (C=O) groups excluding carboxylic acids is 1. The van der Waals surface area contributed by atoms with Crippen molar-refractivity contribution in [2.24, 2.45) is 0 Å². The van der Waals surface area contributed by atoms with E-state index in [2.05, 4.69) is 51.3 Å². The van der Waals surface area contributed by atoms with E-state index in [-0.39, 0.29) is 11.9 Å². The maximum Gasteiger partial charge on any atom is 0.224 e. The van der Waals surface area contributed by atoms with Gasteiger partial charge in [0.05, 0.1) is 34.1 Å². The van der Waals surface area contributed by atoms with E-state index in [1.807, 2.05) is 44.1 Å². The third kappa shape index (κ3) is 8.26. The van der Waals surface area contributed by atoms with Crippen molar-refractivity contribution in [2.45, 2.75) is 44.6 Å². The van der Waals surface area contributed by atoms with E-state index in [9.17, 15) is 10.1 Å². The van der Waals surface area contributed by atoms with Gasteiger partial charge in [-0.25, -0.2) is 0 Å². The Labute approximate surface area is 275 Å². The van der Waals surface area contributed by atoms with Crippen LogP contribution in [0.25, 0.3) is 10.9 Å². The molecule has 1 aromatic heterocycles. The Kier molecular flexibility index (Phi) is 11.3. The summed E-state index contributed by atoms with van der Waals surface area (Å²) in [6, 6.07) is 22.1. The molecule has 0 spiro atoms. The van der Waals surface area contributed by atoms with Crippen molar-refractivity contribution < 1.29 is 14.3 Å². The number of aromatic nitrogens is 1. The van der Waals surface area contributed by atoms with Gasteiger partial charge >= 0.3 is 0 Å². The van der Waals surface area contributed by atoms with Gasteiger partial charge < -0.3 is 30.3 Å². The number of nitrogens with zero attached hydrogens (tertiary/aromatic N) is 3. The molecule has 1 aliphatic rings. The molecule has 1 amide bonds. The first-order valence-electron chi connectivity index (χ1n) is 15.8. The maximum atomic E-state index is 12.8. The summed E-state index contributed by atoms with van der Waals surface area (Å²) >= 11 is 6.73. The predicted molar refractivity (Wildman–Crippen MR) is 184 cm³/mol. The minimum absolute atomic E-state index is 0.109. The van der Waals surface area contributed by atoms with Crippen LogP contribution in [0.1, 0.15) is 49.7 Å². The predicted octanol–water partition coefficient (Wildman–Crippen LogP) is 7.10. The summed E-state index contributed by atoms with van der Waals surface area (Å²) in [5.74, 6) is 1.37. The Morgan fingerprint density at radius 3 is 2.70 bits per heavy atom. The summed E-state index contributed by atoms with van der Waals surface area (Å²) in [4.78, 5) is 19.3. The third-order valence-corrected chi connectivity index (χ3v) is 8.40. The molecule has 0 saturated carbocycles. The lowest BCUT2D eigenvalue weighted by atomic mass is 9.85. The van der Waals surface area contributed by atoms with Crippen LogP contribution in [0.4, 0.5) is 17.1 Å². The number of fused-ring (bicyclic) bond motifs is 1. The Balaban J connectivity index is 1.36. The van der Waals surface area contributed by atoms with Crippen LogP contribution in [0.5, 0.6) is 11.5 Å². The molecule has 0 bridgehead atoms.